The molecule has 0 aliphatic carbocycles. The smallest absolute Gasteiger partial charge is 0.257 e. The van der Waals surface area contributed by atoms with Crippen LogP contribution >= 0.6 is 11.3 Å². The molecular formula is C20H23N3O2S. The number of ether oxygens (including phenoxy) is 1. The zero-order chi connectivity index (χ0) is 18.5. The number of thiazole rings is 1. The van der Waals surface area contributed by atoms with Gasteiger partial charge in [0.05, 0.1) is 22.3 Å². The van der Waals surface area contributed by atoms with E-state index in [-0.39, 0.29) is 5.91 Å². The first-order valence-electron chi connectivity index (χ1n) is 8.51. The molecule has 3 aromatic rings. The van der Waals surface area contributed by atoms with Gasteiger partial charge in [-0.2, -0.15) is 0 Å². The van der Waals surface area contributed by atoms with Crippen molar-refractivity contribution in [2.24, 2.45) is 0 Å². The van der Waals surface area contributed by atoms with Gasteiger partial charge in [0.2, 0.25) is 0 Å². The van der Waals surface area contributed by atoms with E-state index in [1.807, 2.05) is 67.5 Å². The van der Waals surface area contributed by atoms with E-state index in [1.54, 1.807) is 23.3 Å². The number of likely N-dealkylation sites (N-methyl/N-ethyl adjacent to an activating group) is 1. The molecule has 0 spiro atoms. The second-order valence-electron chi connectivity index (χ2n) is 6.38. The number of amides is 1. The van der Waals surface area contributed by atoms with Crippen LogP contribution in [0, 0.1) is 0 Å². The third kappa shape index (κ3) is 4.39. The Labute approximate surface area is 157 Å². The summed E-state index contributed by atoms with van der Waals surface area (Å²) in [6.07, 6.45) is 0. The topological polar surface area (TPSA) is 45.7 Å². The van der Waals surface area contributed by atoms with E-state index in [4.69, 9.17) is 4.74 Å². The average Bonchev–Trinajstić information content (AvgIpc) is 3.03. The zero-order valence-corrected chi connectivity index (χ0v) is 16.1. The summed E-state index contributed by atoms with van der Waals surface area (Å²) in [5, 5.41) is 0.924. The zero-order valence-electron chi connectivity index (χ0n) is 15.3. The van der Waals surface area contributed by atoms with Crippen LogP contribution in [0.3, 0.4) is 0 Å². The summed E-state index contributed by atoms with van der Waals surface area (Å²) in [4.78, 5) is 21.2. The van der Waals surface area contributed by atoms with Crippen LogP contribution in [0.15, 0.2) is 48.5 Å². The fraction of sp³-hybridized carbons (Fsp3) is 0.300. The summed E-state index contributed by atoms with van der Waals surface area (Å²) in [5.74, 6) is 0.556. The number of rotatable bonds is 7. The van der Waals surface area contributed by atoms with E-state index >= 15 is 0 Å². The highest BCUT2D eigenvalue weighted by Gasteiger charge is 2.18. The fourth-order valence-electron chi connectivity index (χ4n) is 2.58. The van der Waals surface area contributed by atoms with Gasteiger partial charge in [0.1, 0.15) is 17.4 Å². The van der Waals surface area contributed by atoms with Crippen LogP contribution < -0.4 is 4.74 Å². The predicted octanol–water partition coefficient (Wildman–Crippen LogP) is 3.51. The van der Waals surface area contributed by atoms with Gasteiger partial charge in [0.25, 0.3) is 5.91 Å². The minimum atomic E-state index is -0.0651. The third-order valence-corrected chi connectivity index (χ3v) is 4.99. The Morgan fingerprint density at radius 3 is 2.58 bits per heavy atom. The van der Waals surface area contributed by atoms with Crippen LogP contribution in [0.2, 0.25) is 0 Å². The summed E-state index contributed by atoms with van der Waals surface area (Å²) < 4.78 is 6.95. The van der Waals surface area contributed by atoms with E-state index in [0.29, 0.717) is 24.5 Å². The lowest BCUT2D eigenvalue weighted by atomic mass is 10.2. The fourth-order valence-corrected chi connectivity index (χ4v) is 3.60. The van der Waals surface area contributed by atoms with Gasteiger partial charge >= 0.3 is 0 Å². The molecule has 0 radical (unpaired) electrons. The molecule has 1 heterocycles. The van der Waals surface area contributed by atoms with Crippen LogP contribution in [0.4, 0.5) is 0 Å². The molecule has 0 unspecified atom stereocenters. The van der Waals surface area contributed by atoms with Crippen molar-refractivity contribution in [1.29, 1.82) is 0 Å². The highest BCUT2D eigenvalue weighted by atomic mass is 32.1. The summed E-state index contributed by atoms with van der Waals surface area (Å²) in [5.41, 5.74) is 1.55. The normalized spacial score (nSPS) is 11.1. The molecule has 0 bridgehead atoms. The van der Waals surface area contributed by atoms with Crippen molar-refractivity contribution >= 4 is 27.5 Å². The van der Waals surface area contributed by atoms with Crippen LogP contribution in [0.1, 0.15) is 15.4 Å². The number of benzene rings is 2. The van der Waals surface area contributed by atoms with E-state index in [1.165, 1.54) is 0 Å². The summed E-state index contributed by atoms with van der Waals surface area (Å²) in [6.45, 7) is 1.81. The number of hydrogen-bond acceptors (Lipinski definition) is 5. The molecular weight excluding hydrogens is 346 g/mol. The van der Waals surface area contributed by atoms with Crippen molar-refractivity contribution in [2.45, 2.75) is 6.54 Å². The molecule has 0 atom stereocenters. The van der Waals surface area contributed by atoms with Crippen molar-refractivity contribution in [1.82, 2.24) is 14.8 Å². The summed E-state index contributed by atoms with van der Waals surface area (Å²) >= 11 is 1.62. The molecule has 26 heavy (non-hydrogen) atoms. The number of carbonyl (C=O) groups excluding carboxylic acids is 1. The Hall–Kier alpha value is -2.44. The molecule has 136 valence electrons. The highest BCUT2D eigenvalue weighted by molar-refractivity contribution is 7.18. The Balaban J connectivity index is 1.71. The monoisotopic (exact) mass is 369 g/mol. The van der Waals surface area contributed by atoms with Gasteiger partial charge in [-0.05, 0) is 38.4 Å². The van der Waals surface area contributed by atoms with Gasteiger partial charge in [-0.1, -0.05) is 24.3 Å². The lowest BCUT2D eigenvalue weighted by Gasteiger charge is -2.18. The first-order valence-corrected chi connectivity index (χ1v) is 9.32. The van der Waals surface area contributed by atoms with E-state index in [9.17, 15) is 4.79 Å². The lowest BCUT2D eigenvalue weighted by Crippen LogP contribution is -2.27. The minimum absolute atomic E-state index is 0.0651. The van der Waals surface area contributed by atoms with Crippen molar-refractivity contribution in [3.05, 3.63) is 59.1 Å². The Morgan fingerprint density at radius 2 is 1.81 bits per heavy atom. The first-order chi connectivity index (χ1) is 12.5. The molecule has 0 saturated heterocycles. The largest absolute Gasteiger partial charge is 0.491 e. The van der Waals surface area contributed by atoms with E-state index in [0.717, 1.165) is 21.8 Å². The SMILES string of the molecule is CN(C)CCOc1ccccc1C(=O)N(C)Cc1nc2ccccc2s1. The molecule has 0 aliphatic heterocycles. The van der Waals surface area contributed by atoms with E-state index < -0.39 is 0 Å². The predicted molar refractivity (Wildman–Crippen MR) is 106 cm³/mol. The second-order valence-corrected chi connectivity index (χ2v) is 7.50. The van der Waals surface area contributed by atoms with E-state index in [2.05, 4.69) is 4.98 Å². The van der Waals surface area contributed by atoms with Gasteiger partial charge in [-0.3, -0.25) is 4.79 Å². The maximum Gasteiger partial charge on any atom is 0.257 e. The van der Waals surface area contributed by atoms with Crippen molar-refractivity contribution in [3.63, 3.8) is 0 Å². The van der Waals surface area contributed by atoms with Crippen molar-refractivity contribution < 1.29 is 9.53 Å². The number of fused-ring (bicyclic) bond motifs is 1. The Bertz CT molecular complexity index is 858. The summed E-state index contributed by atoms with van der Waals surface area (Å²) in [6, 6.07) is 15.4. The number of hydrogen-bond donors (Lipinski definition) is 0. The Kier molecular flexibility index (Phi) is 5.85. The second kappa shape index (κ2) is 8.29. The third-order valence-electron chi connectivity index (χ3n) is 3.97. The Morgan fingerprint density at radius 1 is 1.08 bits per heavy atom. The number of aromatic nitrogens is 1. The van der Waals surface area contributed by atoms with Crippen LogP contribution in [0.5, 0.6) is 5.75 Å². The highest BCUT2D eigenvalue weighted by Crippen LogP contribution is 2.24. The number of para-hydroxylation sites is 2. The molecule has 0 aliphatic rings. The van der Waals surface area contributed by atoms with Gasteiger partial charge in [0.15, 0.2) is 0 Å². The average molecular weight is 369 g/mol. The van der Waals surface area contributed by atoms with Crippen LogP contribution in [-0.4, -0.2) is 55.0 Å². The molecule has 3 rings (SSSR count). The van der Waals surface area contributed by atoms with Gasteiger partial charge in [0, 0.05) is 13.6 Å². The molecule has 6 heteroatoms. The van der Waals surface area contributed by atoms with Gasteiger partial charge in [-0.15, -0.1) is 11.3 Å². The summed E-state index contributed by atoms with van der Waals surface area (Å²) in [7, 11) is 5.78. The lowest BCUT2D eigenvalue weighted by molar-refractivity contribution is 0.0780. The molecule has 0 fully saturated rings. The van der Waals surface area contributed by atoms with Crippen LogP contribution in [0.25, 0.3) is 10.2 Å². The minimum Gasteiger partial charge on any atom is -0.491 e. The molecule has 0 N–H and O–H groups in total. The number of nitrogens with zero attached hydrogens (tertiary/aromatic N) is 3. The van der Waals surface area contributed by atoms with Crippen molar-refractivity contribution in [3.8, 4) is 5.75 Å². The quantitative estimate of drug-likeness (QED) is 0.639. The maximum absolute atomic E-state index is 12.9. The molecule has 0 saturated carbocycles. The molecule has 2 aromatic carbocycles. The molecule has 1 amide bonds. The van der Waals surface area contributed by atoms with Gasteiger partial charge in [-0.25, -0.2) is 4.98 Å². The van der Waals surface area contributed by atoms with Gasteiger partial charge < -0.3 is 14.5 Å². The number of carbonyl (C=O) groups is 1. The van der Waals surface area contributed by atoms with Crippen molar-refractivity contribution in [2.75, 3.05) is 34.3 Å². The van der Waals surface area contributed by atoms with Crippen LogP contribution in [-0.2, 0) is 6.54 Å². The first kappa shape index (κ1) is 18.4. The standard InChI is InChI=1S/C20H23N3O2S/c1-22(2)12-13-25-17-10-6-4-8-15(17)20(24)23(3)14-19-21-16-9-5-7-11-18(16)26-19/h4-11H,12-14H2,1-3H3. The molecule has 5 nitrogen and oxygen atoms in total. The maximum atomic E-state index is 12.9. The molecule has 1 aromatic heterocycles.